The van der Waals surface area contributed by atoms with Gasteiger partial charge in [-0.3, -0.25) is 65.1 Å². The van der Waals surface area contributed by atoms with Crippen molar-refractivity contribution in [3.63, 3.8) is 0 Å². The Labute approximate surface area is 749 Å². The van der Waals surface area contributed by atoms with Crippen LogP contribution in [0.25, 0.3) is 118 Å². The van der Waals surface area contributed by atoms with Gasteiger partial charge in [0.2, 0.25) is 23.8 Å². The molecule has 19 aromatic rings. The largest absolute Gasteiger partial charge is 0.335 e. The van der Waals surface area contributed by atoms with Crippen molar-refractivity contribution in [3.8, 4) is 74.3 Å². The highest BCUT2D eigenvalue weighted by Gasteiger charge is 2.31. The number of amides is 4. The van der Waals surface area contributed by atoms with Crippen molar-refractivity contribution in [2.24, 2.45) is 7.05 Å². The first-order chi connectivity index (χ1) is 63.0. The molecule has 16 heterocycles. The van der Waals surface area contributed by atoms with E-state index in [1.165, 1.54) is 0 Å². The van der Waals surface area contributed by atoms with Crippen LogP contribution in [0.1, 0.15) is 126 Å². The molecule has 0 saturated heterocycles. The molecule has 642 valence electrons. The number of pyridine rings is 8. The van der Waals surface area contributed by atoms with Crippen molar-refractivity contribution in [2.45, 2.75) is 87.1 Å². The molecule has 1 aliphatic rings. The summed E-state index contributed by atoms with van der Waals surface area (Å²) >= 11 is 12.4. The minimum atomic E-state index is -0.404. The molecule has 16 aromatic heterocycles. The molecular weight excluding hydrogens is 1690 g/mol. The molecule has 0 radical (unpaired) electrons. The lowest BCUT2D eigenvalue weighted by atomic mass is 10.0. The van der Waals surface area contributed by atoms with E-state index >= 15 is 0 Å². The molecule has 0 unspecified atom stereocenters. The fraction of sp³-hybridized carbons (Fsp3) is 0.152. The van der Waals surface area contributed by atoms with Crippen LogP contribution >= 0.6 is 23.2 Å². The number of hydrogen-bond acceptors (Lipinski definition) is 29. The number of para-hydroxylation sites is 1. The minimum Gasteiger partial charge on any atom is -0.335 e. The monoisotopic (exact) mass is 1760 g/mol. The Hall–Kier alpha value is -16.8. The highest BCUT2D eigenvalue weighted by atomic mass is 35.5. The van der Waals surface area contributed by atoms with Gasteiger partial charge in [0.05, 0.1) is 89.2 Å². The van der Waals surface area contributed by atoms with E-state index < -0.39 is 5.91 Å². The molecule has 36 nitrogen and oxygen atoms in total. The van der Waals surface area contributed by atoms with E-state index in [0.29, 0.717) is 175 Å². The first-order valence-corrected chi connectivity index (χ1v) is 41.4. The SMILES string of the molecule is Cc1nc(NC(=O)c2cc(-c3ccc(Cl)cc3)nc3c2c(C)nn3C)nc(-c2ccccn2)n1.Cc1nc(NC(=O)c2cc(-c3ccccc3)nc3onc(C)c23)nc(-c2ccccn2)n1.Cc1nc(NC(=O)c2cc(C3CC3)nc3c2cnn3C(C)C)nc(-c2ccccn2)n1.Cc1nc(NC(=O)c2ccnc3c2c(C)nn3-c2ccccc2Cl)nc(-c2ccccn2)n1. The maximum Gasteiger partial charge on any atom is 0.259 e. The molecule has 0 atom stereocenters. The highest BCUT2D eigenvalue weighted by Crippen LogP contribution is 2.41. The van der Waals surface area contributed by atoms with Gasteiger partial charge in [0.15, 0.2) is 40.2 Å². The predicted molar refractivity (Wildman–Crippen MR) is 487 cm³/mol. The van der Waals surface area contributed by atoms with Crippen molar-refractivity contribution in [2.75, 3.05) is 21.3 Å². The molecular formula is C92H75Cl2N31O5. The molecule has 4 amide bonds. The molecule has 38 heteroatoms. The molecule has 3 aromatic carbocycles. The van der Waals surface area contributed by atoms with E-state index in [2.05, 4.69) is 131 Å². The molecule has 20 rings (SSSR count). The van der Waals surface area contributed by atoms with Gasteiger partial charge in [-0.1, -0.05) is 107 Å². The summed E-state index contributed by atoms with van der Waals surface area (Å²) in [6.45, 7) is 16.5. The normalized spacial score (nSPS) is 11.6. The Bertz CT molecular complexity index is 7520. The van der Waals surface area contributed by atoms with Crippen molar-refractivity contribution < 1.29 is 23.7 Å². The van der Waals surface area contributed by atoms with Crippen LogP contribution in [0.3, 0.4) is 0 Å². The molecule has 1 fully saturated rings. The number of aryl methyl sites for hydroxylation is 8. The molecule has 1 saturated carbocycles. The fourth-order valence-corrected chi connectivity index (χ4v) is 14.4. The zero-order valence-electron chi connectivity index (χ0n) is 71.1. The lowest BCUT2D eigenvalue weighted by Crippen LogP contribution is -2.17. The Morgan fingerprint density at radius 2 is 0.846 bits per heavy atom. The highest BCUT2D eigenvalue weighted by molar-refractivity contribution is 6.32. The second kappa shape index (κ2) is 37.2. The summed E-state index contributed by atoms with van der Waals surface area (Å²) in [4.78, 5) is 141. The van der Waals surface area contributed by atoms with Crippen molar-refractivity contribution in [3.05, 3.63) is 291 Å². The van der Waals surface area contributed by atoms with Gasteiger partial charge in [0.25, 0.3) is 29.3 Å². The Kier molecular flexibility index (Phi) is 24.4. The molecule has 1 aliphatic carbocycles. The van der Waals surface area contributed by atoms with Crippen LogP contribution in [-0.2, 0) is 7.05 Å². The minimum absolute atomic E-state index is 0.128. The van der Waals surface area contributed by atoms with E-state index in [4.69, 9.17) is 37.7 Å². The van der Waals surface area contributed by atoms with E-state index in [9.17, 15) is 19.2 Å². The lowest BCUT2D eigenvalue weighted by molar-refractivity contribution is 0.101. The van der Waals surface area contributed by atoms with E-state index in [1.807, 2.05) is 142 Å². The smallest absolute Gasteiger partial charge is 0.259 e. The summed E-state index contributed by atoms with van der Waals surface area (Å²) in [7, 11) is 1.80. The fourth-order valence-electron chi connectivity index (χ4n) is 14.1. The quantitative estimate of drug-likeness (QED) is 0.0657. The van der Waals surface area contributed by atoms with Crippen LogP contribution in [0.15, 0.2) is 218 Å². The van der Waals surface area contributed by atoms with E-state index in [-0.39, 0.29) is 53.3 Å². The Balaban J connectivity index is 0.000000122. The van der Waals surface area contributed by atoms with Crippen LogP contribution in [0, 0.1) is 48.5 Å². The van der Waals surface area contributed by atoms with Crippen LogP contribution in [-0.4, -0.2) is 158 Å². The third-order valence-electron chi connectivity index (χ3n) is 20.1. The number of benzene rings is 3. The van der Waals surface area contributed by atoms with Crippen LogP contribution in [0.5, 0.6) is 0 Å². The standard InChI is InChI=1S/C24H19ClN8O.C23H17ClN8O.C23H17N7O2.C22H22N8O/c1-13-20-17(12-19(29-22(20)33(3)32-13)15-7-9-16(25)10-8-15)23(34)31-24-28-14(2)27-21(30-24)18-6-4-5-11-26-18;1-13-19-15(10-12-26-21(19)32(31-13)18-9-4-3-7-16(18)24)22(33)30-23-28-14(2)27-20(29-23)17-8-5-6-11-25-17;1-13-19-16(12-18(27-22(19)32-30-13)15-8-4-3-5-9-15)21(31)29-23-26-14(2)25-20(28-23)17-10-6-7-11-24-17;1-12(2)30-20-16(11-24-30)15(10-18(27-20)14-7-8-14)21(31)29-22-26-13(3)25-19(28-22)17-6-4-5-9-23-17/h4-12H,1-3H3,(H,27,28,30,31,34);3-12H,1-2H3,(H,27,28,29,30,33);3-12H,1-2H3,(H,25,26,28,29,31);4-6,9-12,14H,7-8H2,1-3H3,(H,25,26,28,29,31). The maximum atomic E-state index is 13.5. The van der Waals surface area contributed by atoms with Gasteiger partial charge < -0.3 is 4.52 Å². The van der Waals surface area contributed by atoms with Gasteiger partial charge in [0, 0.05) is 71.8 Å². The summed E-state index contributed by atoms with van der Waals surface area (Å²) in [5.41, 5.74) is 12.6. The number of rotatable bonds is 17. The van der Waals surface area contributed by atoms with Crippen LogP contribution in [0.4, 0.5) is 23.8 Å². The molecule has 130 heavy (non-hydrogen) atoms. The van der Waals surface area contributed by atoms with Crippen molar-refractivity contribution >= 4 is 115 Å². The van der Waals surface area contributed by atoms with Crippen molar-refractivity contribution in [1.82, 2.24) is 134 Å². The first kappa shape index (κ1) is 85.4. The molecule has 0 spiro atoms. The van der Waals surface area contributed by atoms with Gasteiger partial charge in [-0.05, 0) is 172 Å². The third kappa shape index (κ3) is 18.9. The Morgan fingerprint density at radius 1 is 0.400 bits per heavy atom. The molecule has 0 bridgehead atoms. The number of hydrogen-bond donors (Lipinski definition) is 4. The topological polar surface area (TPSA) is 454 Å². The second-order valence-corrected chi connectivity index (χ2v) is 30.8. The zero-order valence-corrected chi connectivity index (χ0v) is 72.7. The van der Waals surface area contributed by atoms with Crippen molar-refractivity contribution in [1.29, 1.82) is 0 Å². The number of nitrogens with one attached hydrogen (secondary N) is 4. The van der Waals surface area contributed by atoms with E-state index in [1.54, 1.807) is 155 Å². The number of halogens is 2. The average molecular weight is 1770 g/mol. The lowest BCUT2D eigenvalue weighted by Gasteiger charge is -2.11. The van der Waals surface area contributed by atoms with Gasteiger partial charge in [0.1, 0.15) is 46.1 Å². The van der Waals surface area contributed by atoms with Gasteiger partial charge in [-0.25, -0.2) is 49.2 Å². The summed E-state index contributed by atoms with van der Waals surface area (Å²) < 4.78 is 10.5. The summed E-state index contributed by atoms with van der Waals surface area (Å²) in [6, 6.07) is 53.1. The Morgan fingerprint density at radius 3 is 1.33 bits per heavy atom. The third-order valence-corrected chi connectivity index (χ3v) is 20.7. The number of fused-ring (bicyclic) bond motifs is 4. The van der Waals surface area contributed by atoms with Crippen LogP contribution in [0.2, 0.25) is 10.0 Å². The number of anilines is 4. The van der Waals surface area contributed by atoms with Gasteiger partial charge in [-0.2, -0.15) is 55.2 Å². The summed E-state index contributed by atoms with van der Waals surface area (Å²) in [5.74, 6) is 2.95. The zero-order chi connectivity index (χ0) is 90.4. The summed E-state index contributed by atoms with van der Waals surface area (Å²) in [6.07, 6.45) is 12.1. The number of carbonyl (C=O) groups is 4. The maximum absolute atomic E-state index is 13.5. The predicted octanol–water partition coefficient (Wildman–Crippen LogP) is 16.3. The molecule has 0 aliphatic heterocycles. The molecule has 4 N–H and O–H groups in total. The summed E-state index contributed by atoms with van der Waals surface area (Å²) in [5, 5.41) is 32.3. The number of aromatic nitrogens is 27. The van der Waals surface area contributed by atoms with Crippen LogP contribution < -0.4 is 21.3 Å². The average Bonchev–Trinajstić information content (AvgIpc) is 1.58. The first-order valence-electron chi connectivity index (χ1n) is 40.7. The number of nitrogens with zero attached hydrogens (tertiary/aromatic N) is 27. The van der Waals surface area contributed by atoms with Gasteiger partial charge >= 0.3 is 0 Å². The van der Waals surface area contributed by atoms with Gasteiger partial charge in [-0.15, -0.1) is 0 Å². The number of carbonyl (C=O) groups excluding carboxylic acids is 4. The second-order valence-electron chi connectivity index (χ2n) is 29.9. The van der Waals surface area contributed by atoms with E-state index in [0.717, 1.165) is 35.3 Å².